The molecule has 4 nitrogen and oxygen atoms in total. The van der Waals surface area contributed by atoms with Crippen LogP contribution < -0.4 is 10.1 Å². The van der Waals surface area contributed by atoms with Gasteiger partial charge in [0.25, 0.3) is 5.91 Å². The highest BCUT2D eigenvalue weighted by molar-refractivity contribution is 5.77. The summed E-state index contributed by atoms with van der Waals surface area (Å²) < 4.78 is 11.2. The molecule has 0 spiro atoms. The Hall–Kier alpha value is -1.55. The second-order valence-electron chi connectivity index (χ2n) is 6.47. The van der Waals surface area contributed by atoms with Gasteiger partial charge in [-0.15, -0.1) is 0 Å². The number of hydrogen-bond donors (Lipinski definition) is 1. The fraction of sp³-hybridized carbons (Fsp3) is 0.588. The molecule has 1 N–H and O–H groups in total. The Labute approximate surface area is 126 Å². The molecule has 1 aliphatic rings. The fourth-order valence-electron chi connectivity index (χ4n) is 2.44. The number of hydrogen-bond acceptors (Lipinski definition) is 3. The van der Waals surface area contributed by atoms with Crippen LogP contribution >= 0.6 is 0 Å². The number of carbonyl (C=O) groups is 1. The molecule has 1 aliphatic heterocycles. The molecule has 0 aromatic heterocycles. The molecule has 1 amide bonds. The molecule has 4 heteroatoms. The monoisotopic (exact) mass is 291 g/mol. The SMILES string of the molecule is CC(C)(C)c1ccccc1OCC(=O)NCC1CCCO1. The lowest BCUT2D eigenvalue weighted by Gasteiger charge is -2.22. The summed E-state index contributed by atoms with van der Waals surface area (Å²) in [6.07, 6.45) is 2.26. The highest BCUT2D eigenvalue weighted by Gasteiger charge is 2.19. The van der Waals surface area contributed by atoms with E-state index in [1.807, 2.05) is 24.3 Å². The number of ether oxygens (including phenoxy) is 2. The molecule has 1 unspecified atom stereocenters. The van der Waals surface area contributed by atoms with Gasteiger partial charge in [0.15, 0.2) is 6.61 Å². The van der Waals surface area contributed by atoms with Crippen molar-refractivity contribution in [3.63, 3.8) is 0 Å². The third-order valence-electron chi connectivity index (χ3n) is 3.60. The van der Waals surface area contributed by atoms with Gasteiger partial charge < -0.3 is 14.8 Å². The van der Waals surface area contributed by atoms with Crippen LogP contribution in [0.4, 0.5) is 0 Å². The van der Waals surface area contributed by atoms with Gasteiger partial charge in [-0.1, -0.05) is 39.0 Å². The first-order valence-electron chi connectivity index (χ1n) is 7.57. The van der Waals surface area contributed by atoms with Crippen LogP contribution in [0.3, 0.4) is 0 Å². The maximum Gasteiger partial charge on any atom is 0.258 e. The van der Waals surface area contributed by atoms with Crippen molar-refractivity contribution in [2.24, 2.45) is 0 Å². The first-order valence-corrected chi connectivity index (χ1v) is 7.57. The van der Waals surface area contributed by atoms with E-state index in [9.17, 15) is 4.79 Å². The Morgan fingerprint density at radius 3 is 2.81 bits per heavy atom. The minimum Gasteiger partial charge on any atom is -0.483 e. The average Bonchev–Trinajstić information content (AvgIpc) is 2.95. The summed E-state index contributed by atoms with van der Waals surface area (Å²) in [5.74, 6) is 0.673. The van der Waals surface area contributed by atoms with Gasteiger partial charge in [-0.3, -0.25) is 4.79 Å². The van der Waals surface area contributed by atoms with Crippen molar-refractivity contribution >= 4 is 5.91 Å². The van der Waals surface area contributed by atoms with Crippen molar-refractivity contribution in [1.29, 1.82) is 0 Å². The molecule has 1 saturated heterocycles. The third kappa shape index (κ3) is 4.74. The van der Waals surface area contributed by atoms with Crippen molar-refractivity contribution in [2.75, 3.05) is 19.8 Å². The van der Waals surface area contributed by atoms with E-state index < -0.39 is 0 Å². The van der Waals surface area contributed by atoms with Gasteiger partial charge in [-0.25, -0.2) is 0 Å². The van der Waals surface area contributed by atoms with E-state index >= 15 is 0 Å². The molecule has 2 rings (SSSR count). The van der Waals surface area contributed by atoms with Crippen LogP contribution in [0.1, 0.15) is 39.2 Å². The molecule has 0 bridgehead atoms. The van der Waals surface area contributed by atoms with Crippen molar-refractivity contribution in [3.05, 3.63) is 29.8 Å². The van der Waals surface area contributed by atoms with E-state index in [2.05, 4.69) is 26.1 Å². The van der Waals surface area contributed by atoms with Crippen LogP contribution in [0.25, 0.3) is 0 Å². The van der Waals surface area contributed by atoms with Gasteiger partial charge in [0.1, 0.15) is 5.75 Å². The van der Waals surface area contributed by atoms with E-state index in [0.717, 1.165) is 30.8 Å². The first kappa shape index (κ1) is 15.8. The van der Waals surface area contributed by atoms with Gasteiger partial charge >= 0.3 is 0 Å². The van der Waals surface area contributed by atoms with Gasteiger partial charge in [0.05, 0.1) is 6.10 Å². The number of amides is 1. The van der Waals surface area contributed by atoms with E-state index in [-0.39, 0.29) is 24.0 Å². The second kappa shape index (κ2) is 6.94. The molecule has 116 valence electrons. The first-order chi connectivity index (χ1) is 9.97. The van der Waals surface area contributed by atoms with Crippen LogP contribution in [0, 0.1) is 0 Å². The molecule has 1 aromatic rings. The molecule has 1 fully saturated rings. The minimum absolute atomic E-state index is 0.00917. The standard InChI is InChI=1S/C17H25NO3/c1-17(2,3)14-8-4-5-9-15(14)21-12-16(19)18-11-13-7-6-10-20-13/h4-5,8-9,13H,6-7,10-12H2,1-3H3,(H,18,19). The highest BCUT2D eigenvalue weighted by Crippen LogP contribution is 2.30. The smallest absolute Gasteiger partial charge is 0.258 e. The molecule has 21 heavy (non-hydrogen) atoms. The Morgan fingerprint density at radius 2 is 2.14 bits per heavy atom. The van der Waals surface area contributed by atoms with Crippen LogP contribution in [0.15, 0.2) is 24.3 Å². The molecular weight excluding hydrogens is 266 g/mol. The third-order valence-corrected chi connectivity index (χ3v) is 3.60. The molecule has 0 saturated carbocycles. The Morgan fingerprint density at radius 1 is 1.38 bits per heavy atom. The van der Waals surface area contributed by atoms with E-state index in [1.54, 1.807) is 0 Å². The summed E-state index contributed by atoms with van der Waals surface area (Å²) in [5.41, 5.74) is 1.10. The minimum atomic E-state index is -0.103. The highest BCUT2D eigenvalue weighted by atomic mass is 16.5. The van der Waals surface area contributed by atoms with Crippen molar-refractivity contribution in [2.45, 2.75) is 45.1 Å². The molecule has 1 atom stereocenters. The molecule has 1 aromatic carbocycles. The van der Waals surface area contributed by atoms with Crippen LogP contribution in [0.5, 0.6) is 5.75 Å². The lowest BCUT2D eigenvalue weighted by Crippen LogP contribution is -2.35. The summed E-state index contributed by atoms with van der Waals surface area (Å²) in [7, 11) is 0. The number of carbonyl (C=O) groups excluding carboxylic acids is 1. The predicted molar refractivity (Wildman–Crippen MR) is 82.6 cm³/mol. The summed E-state index contributed by atoms with van der Waals surface area (Å²) in [6.45, 7) is 7.81. The average molecular weight is 291 g/mol. The number of rotatable bonds is 5. The van der Waals surface area contributed by atoms with Gasteiger partial charge in [-0.05, 0) is 29.9 Å². The van der Waals surface area contributed by atoms with Crippen LogP contribution in [-0.2, 0) is 14.9 Å². The van der Waals surface area contributed by atoms with E-state index in [1.165, 1.54) is 0 Å². The zero-order valence-electron chi connectivity index (χ0n) is 13.1. The fourth-order valence-corrected chi connectivity index (χ4v) is 2.44. The van der Waals surface area contributed by atoms with Crippen molar-refractivity contribution in [3.8, 4) is 5.75 Å². The van der Waals surface area contributed by atoms with E-state index in [4.69, 9.17) is 9.47 Å². The van der Waals surface area contributed by atoms with Gasteiger partial charge in [0.2, 0.25) is 0 Å². The molecular formula is C17H25NO3. The lowest BCUT2D eigenvalue weighted by molar-refractivity contribution is -0.123. The summed E-state index contributed by atoms with van der Waals surface area (Å²) in [6, 6.07) is 7.87. The number of nitrogens with one attached hydrogen (secondary N) is 1. The van der Waals surface area contributed by atoms with Crippen molar-refractivity contribution in [1.82, 2.24) is 5.32 Å². The molecule has 1 heterocycles. The van der Waals surface area contributed by atoms with Gasteiger partial charge in [0, 0.05) is 13.2 Å². The van der Waals surface area contributed by atoms with E-state index in [0.29, 0.717) is 6.54 Å². The van der Waals surface area contributed by atoms with Crippen molar-refractivity contribution < 1.29 is 14.3 Å². The zero-order valence-corrected chi connectivity index (χ0v) is 13.1. The normalized spacial score (nSPS) is 18.5. The zero-order chi connectivity index (χ0) is 15.3. The number of benzene rings is 1. The van der Waals surface area contributed by atoms with Gasteiger partial charge in [-0.2, -0.15) is 0 Å². The lowest BCUT2D eigenvalue weighted by atomic mass is 9.86. The Bertz CT molecular complexity index is 473. The maximum absolute atomic E-state index is 11.8. The quantitative estimate of drug-likeness (QED) is 0.907. The largest absolute Gasteiger partial charge is 0.483 e. The summed E-state index contributed by atoms with van der Waals surface area (Å²) >= 11 is 0. The Kier molecular flexibility index (Phi) is 5.23. The summed E-state index contributed by atoms with van der Waals surface area (Å²) in [5, 5.41) is 2.86. The maximum atomic E-state index is 11.8. The second-order valence-corrected chi connectivity index (χ2v) is 6.47. The topological polar surface area (TPSA) is 47.6 Å². The number of para-hydroxylation sites is 1. The van der Waals surface area contributed by atoms with Crippen LogP contribution in [0.2, 0.25) is 0 Å². The molecule has 0 radical (unpaired) electrons. The predicted octanol–water partition coefficient (Wildman–Crippen LogP) is 2.66. The molecule has 0 aliphatic carbocycles. The summed E-state index contributed by atoms with van der Waals surface area (Å²) in [4.78, 5) is 11.8. The van der Waals surface area contributed by atoms with Crippen LogP contribution in [-0.4, -0.2) is 31.8 Å². The Balaban J connectivity index is 1.83.